The van der Waals surface area contributed by atoms with Crippen molar-refractivity contribution in [2.75, 3.05) is 19.7 Å². The first-order valence-corrected chi connectivity index (χ1v) is 11.2. The van der Waals surface area contributed by atoms with Crippen molar-refractivity contribution in [2.24, 2.45) is 5.41 Å². The van der Waals surface area contributed by atoms with E-state index < -0.39 is 0 Å². The van der Waals surface area contributed by atoms with Gasteiger partial charge in [0.15, 0.2) is 5.82 Å². The Labute approximate surface area is 189 Å². The third-order valence-electron chi connectivity index (χ3n) is 5.96. The number of rotatable bonds is 8. The van der Waals surface area contributed by atoms with Gasteiger partial charge in [0.05, 0.1) is 12.3 Å². The van der Waals surface area contributed by atoms with E-state index in [9.17, 15) is 4.79 Å². The second-order valence-electron chi connectivity index (χ2n) is 8.99. The number of aldehydes is 1. The maximum atomic E-state index is 11.1. The largest absolute Gasteiger partial charge is 0.494 e. The number of aromatic nitrogens is 3. The Balaban J connectivity index is 1.64. The number of nitrogens with one attached hydrogen (secondary N) is 1. The number of hydrogen-bond donors (Lipinski definition) is 1. The second-order valence-corrected chi connectivity index (χ2v) is 8.99. The molecule has 0 unspecified atom stereocenters. The van der Waals surface area contributed by atoms with Gasteiger partial charge < -0.3 is 14.8 Å². The zero-order valence-electron chi connectivity index (χ0n) is 18.8. The molecule has 0 bridgehead atoms. The minimum atomic E-state index is -0.379. The van der Waals surface area contributed by atoms with Gasteiger partial charge in [0.2, 0.25) is 0 Å². The van der Waals surface area contributed by atoms with Crippen LogP contribution in [0.5, 0.6) is 5.75 Å². The van der Waals surface area contributed by atoms with Crippen LogP contribution in [-0.4, -0.2) is 40.9 Å². The first-order valence-electron chi connectivity index (χ1n) is 11.2. The normalized spacial score (nSPS) is 14.8. The molecule has 0 aliphatic carbocycles. The summed E-state index contributed by atoms with van der Waals surface area (Å²) in [6.07, 6.45) is 9.24. The van der Waals surface area contributed by atoms with E-state index in [0.717, 1.165) is 66.2 Å². The molecule has 0 spiro atoms. The molecule has 1 fully saturated rings. The lowest BCUT2D eigenvalue weighted by molar-refractivity contribution is -0.115. The summed E-state index contributed by atoms with van der Waals surface area (Å²) in [5.41, 5.74) is 3.78. The Morgan fingerprint density at radius 1 is 1.12 bits per heavy atom. The molecule has 1 N–H and O–H groups in total. The van der Waals surface area contributed by atoms with Crippen molar-refractivity contribution >= 4 is 6.29 Å². The van der Waals surface area contributed by atoms with Gasteiger partial charge >= 0.3 is 0 Å². The number of carbonyl (C=O) groups excluding carboxylic acids is 1. The van der Waals surface area contributed by atoms with Gasteiger partial charge in [0, 0.05) is 41.1 Å². The average Bonchev–Trinajstić information content (AvgIpc) is 2.85. The second kappa shape index (κ2) is 10.0. The number of piperidine rings is 1. The maximum Gasteiger partial charge on any atom is 0.159 e. The van der Waals surface area contributed by atoms with E-state index in [4.69, 9.17) is 9.72 Å². The maximum absolute atomic E-state index is 11.1. The van der Waals surface area contributed by atoms with Crippen LogP contribution in [0.1, 0.15) is 44.7 Å². The molecule has 166 valence electrons. The van der Waals surface area contributed by atoms with Gasteiger partial charge in [-0.05, 0) is 62.2 Å². The van der Waals surface area contributed by atoms with Crippen molar-refractivity contribution in [3.63, 3.8) is 0 Å². The molecule has 0 saturated carbocycles. The van der Waals surface area contributed by atoms with Crippen LogP contribution in [0, 0.1) is 5.41 Å². The van der Waals surface area contributed by atoms with Gasteiger partial charge in [-0.2, -0.15) is 0 Å². The standard InChI is InChI=1S/C26H30N4O2/c1-26(2,18-31)10-15-32-22-5-3-4-21(16-22)23-17-29-25(20-8-13-28-14-9-20)30-24(23)19-6-11-27-12-7-19/h3-5,8-9,13-14,16-19,27H,6-7,10-12,15H2,1-2H3. The molecular weight excluding hydrogens is 400 g/mol. The third-order valence-corrected chi connectivity index (χ3v) is 5.96. The molecule has 6 nitrogen and oxygen atoms in total. The number of carbonyl (C=O) groups is 1. The van der Waals surface area contributed by atoms with E-state index in [2.05, 4.69) is 21.4 Å². The molecular formula is C26H30N4O2. The Morgan fingerprint density at radius 3 is 2.66 bits per heavy atom. The molecule has 0 amide bonds. The number of ether oxygens (including phenoxy) is 1. The average molecular weight is 431 g/mol. The van der Waals surface area contributed by atoms with Crippen molar-refractivity contribution in [3.05, 3.63) is 60.7 Å². The lowest BCUT2D eigenvalue weighted by Gasteiger charge is -2.24. The minimum absolute atomic E-state index is 0.379. The van der Waals surface area contributed by atoms with E-state index >= 15 is 0 Å². The molecule has 0 radical (unpaired) electrons. The number of nitrogens with zero attached hydrogens (tertiary/aromatic N) is 3. The SMILES string of the molecule is CC(C)(C=O)CCOc1cccc(-c2cnc(-c3ccncc3)nc2C2CCNCC2)c1. The van der Waals surface area contributed by atoms with Crippen molar-refractivity contribution in [1.29, 1.82) is 0 Å². The van der Waals surface area contributed by atoms with Crippen molar-refractivity contribution < 1.29 is 9.53 Å². The molecule has 1 aliphatic heterocycles. The van der Waals surface area contributed by atoms with Gasteiger partial charge in [0.1, 0.15) is 12.0 Å². The summed E-state index contributed by atoms with van der Waals surface area (Å²) in [5, 5.41) is 3.44. The van der Waals surface area contributed by atoms with E-state index in [1.807, 2.05) is 50.4 Å². The minimum Gasteiger partial charge on any atom is -0.494 e. The van der Waals surface area contributed by atoms with Crippen LogP contribution >= 0.6 is 0 Å². The predicted octanol–water partition coefficient (Wildman–Crippen LogP) is 4.67. The molecule has 6 heteroatoms. The Bertz CT molecular complexity index is 1050. The summed E-state index contributed by atoms with van der Waals surface area (Å²) in [6, 6.07) is 12.0. The van der Waals surface area contributed by atoms with Crippen LogP contribution in [0.3, 0.4) is 0 Å². The smallest absolute Gasteiger partial charge is 0.159 e. The van der Waals surface area contributed by atoms with E-state index in [-0.39, 0.29) is 5.41 Å². The fourth-order valence-corrected chi connectivity index (χ4v) is 3.91. The van der Waals surface area contributed by atoms with Crippen molar-refractivity contribution in [2.45, 2.75) is 39.0 Å². The summed E-state index contributed by atoms with van der Waals surface area (Å²) < 4.78 is 5.97. The number of hydrogen-bond acceptors (Lipinski definition) is 6. The molecule has 1 aliphatic rings. The fraction of sp³-hybridized carbons (Fsp3) is 0.385. The summed E-state index contributed by atoms with van der Waals surface area (Å²) in [7, 11) is 0. The fourth-order valence-electron chi connectivity index (χ4n) is 3.91. The topological polar surface area (TPSA) is 77.0 Å². The summed E-state index contributed by atoms with van der Waals surface area (Å²) in [6.45, 7) is 6.33. The van der Waals surface area contributed by atoms with E-state index in [1.165, 1.54) is 0 Å². The Kier molecular flexibility index (Phi) is 6.90. The first kappa shape index (κ1) is 22.1. The highest BCUT2D eigenvalue weighted by atomic mass is 16.5. The lowest BCUT2D eigenvalue weighted by atomic mass is 9.89. The van der Waals surface area contributed by atoms with Gasteiger partial charge in [-0.15, -0.1) is 0 Å². The summed E-state index contributed by atoms with van der Waals surface area (Å²) in [5.74, 6) is 1.90. The predicted molar refractivity (Wildman–Crippen MR) is 126 cm³/mol. The third kappa shape index (κ3) is 5.37. The van der Waals surface area contributed by atoms with Crippen LogP contribution < -0.4 is 10.1 Å². The molecule has 3 heterocycles. The van der Waals surface area contributed by atoms with Gasteiger partial charge in [-0.25, -0.2) is 9.97 Å². The molecule has 0 atom stereocenters. The number of benzene rings is 1. The van der Waals surface area contributed by atoms with Crippen LogP contribution in [0.4, 0.5) is 0 Å². The van der Waals surface area contributed by atoms with Crippen LogP contribution in [-0.2, 0) is 4.79 Å². The Hall–Kier alpha value is -3.12. The lowest BCUT2D eigenvalue weighted by Crippen LogP contribution is -2.27. The Morgan fingerprint density at radius 2 is 1.91 bits per heavy atom. The molecule has 3 aromatic rings. The van der Waals surface area contributed by atoms with Crippen molar-refractivity contribution in [3.8, 4) is 28.3 Å². The van der Waals surface area contributed by atoms with Crippen molar-refractivity contribution in [1.82, 2.24) is 20.3 Å². The van der Waals surface area contributed by atoms with Gasteiger partial charge in [0.25, 0.3) is 0 Å². The molecule has 32 heavy (non-hydrogen) atoms. The molecule has 1 aromatic carbocycles. The van der Waals surface area contributed by atoms with Crippen LogP contribution in [0.15, 0.2) is 55.0 Å². The number of pyridine rings is 1. The highest BCUT2D eigenvalue weighted by molar-refractivity contribution is 5.69. The molecule has 4 rings (SSSR count). The first-order chi connectivity index (χ1) is 15.6. The van der Waals surface area contributed by atoms with E-state index in [0.29, 0.717) is 18.9 Å². The highest BCUT2D eigenvalue weighted by Crippen LogP contribution is 2.35. The van der Waals surface area contributed by atoms with Crippen LogP contribution in [0.25, 0.3) is 22.5 Å². The monoisotopic (exact) mass is 430 g/mol. The highest BCUT2D eigenvalue weighted by Gasteiger charge is 2.22. The van der Waals surface area contributed by atoms with Gasteiger partial charge in [-0.3, -0.25) is 4.98 Å². The van der Waals surface area contributed by atoms with Crippen LogP contribution in [0.2, 0.25) is 0 Å². The van der Waals surface area contributed by atoms with E-state index in [1.54, 1.807) is 12.4 Å². The summed E-state index contributed by atoms with van der Waals surface area (Å²) in [4.78, 5) is 25.0. The molecule has 1 saturated heterocycles. The zero-order valence-corrected chi connectivity index (χ0v) is 18.8. The zero-order chi connectivity index (χ0) is 22.4. The van der Waals surface area contributed by atoms with Gasteiger partial charge in [-0.1, -0.05) is 26.0 Å². The summed E-state index contributed by atoms with van der Waals surface area (Å²) >= 11 is 0. The molecule has 2 aromatic heterocycles. The quantitative estimate of drug-likeness (QED) is 0.524.